The zero-order valence-electron chi connectivity index (χ0n) is 11.9. The van der Waals surface area contributed by atoms with Gasteiger partial charge in [-0.1, -0.05) is 0 Å². The Kier molecular flexibility index (Phi) is 6.24. The average molecular weight is 344 g/mol. The van der Waals surface area contributed by atoms with Crippen molar-refractivity contribution in [2.24, 2.45) is 0 Å². The van der Waals surface area contributed by atoms with Gasteiger partial charge in [0.25, 0.3) is 0 Å². The van der Waals surface area contributed by atoms with Crippen molar-refractivity contribution in [2.75, 3.05) is 13.2 Å². The number of ether oxygens (including phenoxy) is 3. The van der Waals surface area contributed by atoms with E-state index in [4.69, 9.17) is 24.4 Å². The highest BCUT2D eigenvalue weighted by atomic mass is 19.1. The first-order valence-electron chi connectivity index (χ1n) is 7.04. The molecule has 10 atom stereocenters. The molecule has 136 valence electrons. The van der Waals surface area contributed by atoms with Gasteiger partial charge in [-0.05, 0) is 0 Å². The van der Waals surface area contributed by atoms with Crippen molar-refractivity contribution in [3.05, 3.63) is 0 Å². The van der Waals surface area contributed by atoms with E-state index < -0.39 is 74.7 Å². The van der Waals surface area contributed by atoms with E-state index in [9.17, 15) is 29.9 Å². The van der Waals surface area contributed by atoms with Gasteiger partial charge >= 0.3 is 0 Å². The van der Waals surface area contributed by atoms with Gasteiger partial charge < -0.3 is 50.0 Å². The van der Waals surface area contributed by atoms with Gasteiger partial charge in [0.05, 0.1) is 13.2 Å². The van der Waals surface area contributed by atoms with Crippen LogP contribution in [0.1, 0.15) is 0 Å². The monoisotopic (exact) mass is 344 g/mol. The Morgan fingerprint density at radius 2 is 1.17 bits per heavy atom. The number of aliphatic hydroxyl groups is 7. The van der Waals surface area contributed by atoms with Gasteiger partial charge in [0.1, 0.15) is 42.7 Å². The summed E-state index contributed by atoms with van der Waals surface area (Å²) in [5.41, 5.74) is 0. The summed E-state index contributed by atoms with van der Waals surface area (Å²) < 4.78 is 29.0. The summed E-state index contributed by atoms with van der Waals surface area (Å²) >= 11 is 0. The molecule has 11 heteroatoms. The molecule has 0 aromatic rings. The summed E-state index contributed by atoms with van der Waals surface area (Å²) in [5, 5.41) is 66.2. The summed E-state index contributed by atoms with van der Waals surface area (Å²) in [6.45, 7) is -1.42. The molecule has 0 saturated carbocycles. The van der Waals surface area contributed by atoms with Gasteiger partial charge in [-0.2, -0.15) is 0 Å². The van der Waals surface area contributed by atoms with E-state index in [-0.39, 0.29) is 0 Å². The molecule has 2 fully saturated rings. The summed E-state index contributed by atoms with van der Waals surface area (Å²) in [6.07, 6.45) is -17.0. The Hall–Kier alpha value is -0.470. The molecule has 0 amide bonds. The second-order valence-corrected chi connectivity index (χ2v) is 5.48. The molecule has 2 aliphatic heterocycles. The van der Waals surface area contributed by atoms with Crippen molar-refractivity contribution in [3.8, 4) is 0 Å². The van der Waals surface area contributed by atoms with Crippen molar-refractivity contribution in [3.63, 3.8) is 0 Å². The van der Waals surface area contributed by atoms with Gasteiger partial charge in [-0.15, -0.1) is 0 Å². The van der Waals surface area contributed by atoms with E-state index in [0.717, 1.165) is 0 Å². The van der Waals surface area contributed by atoms with Gasteiger partial charge in [0.2, 0.25) is 0 Å². The predicted octanol–water partition coefficient (Wildman–Crippen LogP) is -4.42. The highest BCUT2D eigenvalue weighted by molar-refractivity contribution is 4.92. The van der Waals surface area contributed by atoms with Crippen LogP contribution in [0.3, 0.4) is 0 Å². The van der Waals surface area contributed by atoms with Crippen LogP contribution in [-0.2, 0) is 14.2 Å². The number of hydrogen-bond donors (Lipinski definition) is 7. The van der Waals surface area contributed by atoms with Crippen molar-refractivity contribution in [2.45, 2.75) is 61.5 Å². The summed E-state index contributed by atoms with van der Waals surface area (Å²) in [5.74, 6) is 0. The molecule has 0 aliphatic carbocycles. The van der Waals surface area contributed by atoms with E-state index in [0.29, 0.717) is 0 Å². The molecular weight excluding hydrogens is 323 g/mol. The second-order valence-electron chi connectivity index (χ2n) is 5.48. The number of aliphatic hydroxyl groups excluding tert-OH is 7. The fraction of sp³-hybridized carbons (Fsp3) is 1.00. The maximum absolute atomic E-state index is 14.0. The van der Waals surface area contributed by atoms with E-state index in [2.05, 4.69) is 0 Å². The molecule has 2 saturated heterocycles. The average Bonchev–Trinajstić information content (AvgIpc) is 2.55. The molecule has 2 heterocycles. The second kappa shape index (κ2) is 7.61. The van der Waals surface area contributed by atoms with Crippen LogP contribution < -0.4 is 0 Å². The third-order valence-corrected chi connectivity index (χ3v) is 3.92. The quantitative estimate of drug-likeness (QED) is 0.264. The Bertz CT molecular complexity index is 349. The molecule has 0 spiro atoms. The number of rotatable bonds is 4. The molecular formula is C12H21FO10. The minimum atomic E-state index is -2.22. The topological polar surface area (TPSA) is 169 Å². The standard InChI is InChI=1S/C12H21FO10/c13-5-8(18)6(16)3(1-14)21-11(5)23-12-10(20)9(19)7(17)4(2-15)22-12/h3-12,14-20H,1-2H2/t3-,4-,5-,6+,7-,8-,9+,10-,11+,12+/m1/s1. The highest BCUT2D eigenvalue weighted by Crippen LogP contribution is 2.29. The van der Waals surface area contributed by atoms with E-state index in [1.807, 2.05) is 0 Å². The Morgan fingerprint density at radius 1 is 0.696 bits per heavy atom. The molecule has 23 heavy (non-hydrogen) atoms. The minimum absolute atomic E-state index is 0.698. The van der Waals surface area contributed by atoms with Gasteiger partial charge in [0, 0.05) is 0 Å². The third-order valence-electron chi connectivity index (χ3n) is 3.92. The number of hydrogen-bond acceptors (Lipinski definition) is 10. The van der Waals surface area contributed by atoms with Crippen molar-refractivity contribution in [1.29, 1.82) is 0 Å². The van der Waals surface area contributed by atoms with Crippen LogP contribution >= 0.6 is 0 Å². The molecule has 0 aromatic carbocycles. The molecule has 0 bridgehead atoms. The van der Waals surface area contributed by atoms with Crippen molar-refractivity contribution < 1.29 is 54.3 Å². The van der Waals surface area contributed by atoms with Crippen LogP contribution in [0, 0.1) is 0 Å². The van der Waals surface area contributed by atoms with E-state index in [1.54, 1.807) is 0 Å². The van der Waals surface area contributed by atoms with Gasteiger partial charge in [-0.25, -0.2) is 4.39 Å². The lowest BCUT2D eigenvalue weighted by Gasteiger charge is -2.43. The first kappa shape index (κ1) is 18.9. The van der Waals surface area contributed by atoms with Crippen LogP contribution in [0.5, 0.6) is 0 Å². The van der Waals surface area contributed by atoms with Gasteiger partial charge in [0.15, 0.2) is 18.8 Å². The number of alkyl halides is 1. The van der Waals surface area contributed by atoms with E-state index >= 15 is 0 Å². The Morgan fingerprint density at radius 3 is 1.70 bits per heavy atom. The maximum Gasteiger partial charge on any atom is 0.195 e. The van der Waals surface area contributed by atoms with Crippen molar-refractivity contribution >= 4 is 0 Å². The highest BCUT2D eigenvalue weighted by Gasteiger charge is 2.50. The molecule has 0 unspecified atom stereocenters. The molecule has 2 aliphatic rings. The normalized spacial score (nSPS) is 51.7. The molecule has 7 N–H and O–H groups in total. The first-order chi connectivity index (χ1) is 10.8. The smallest absolute Gasteiger partial charge is 0.195 e. The molecule has 0 aromatic heterocycles. The fourth-order valence-corrected chi connectivity index (χ4v) is 2.47. The lowest BCUT2D eigenvalue weighted by molar-refractivity contribution is -0.370. The summed E-state index contributed by atoms with van der Waals surface area (Å²) in [4.78, 5) is 0. The minimum Gasteiger partial charge on any atom is -0.394 e. The van der Waals surface area contributed by atoms with Crippen LogP contribution in [0.25, 0.3) is 0 Å². The zero-order chi connectivity index (χ0) is 17.3. The Balaban J connectivity index is 2.07. The molecule has 2 rings (SSSR count). The third kappa shape index (κ3) is 3.64. The fourth-order valence-electron chi connectivity index (χ4n) is 2.47. The molecule has 10 nitrogen and oxygen atoms in total. The maximum atomic E-state index is 14.0. The van der Waals surface area contributed by atoms with Crippen LogP contribution in [-0.4, -0.2) is 110 Å². The summed E-state index contributed by atoms with van der Waals surface area (Å²) in [6, 6.07) is 0. The first-order valence-corrected chi connectivity index (χ1v) is 7.04. The van der Waals surface area contributed by atoms with Crippen LogP contribution in [0.4, 0.5) is 4.39 Å². The number of halogens is 1. The SMILES string of the molecule is OC[C@H]1O[C@@H](O[C@@H]2O[C@H](CO)[C@@H](O)[C@H](O)[C@H]2O)[C@H](F)[C@@H](O)[C@H]1O. The summed E-state index contributed by atoms with van der Waals surface area (Å²) in [7, 11) is 0. The molecule has 0 radical (unpaired) electrons. The predicted molar refractivity (Wildman–Crippen MR) is 67.5 cm³/mol. The lowest BCUT2D eigenvalue weighted by Crippen LogP contribution is -2.63. The zero-order valence-corrected chi connectivity index (χ0v) is 11.9. The van der Waals surface area contributed by atoms with Gasteiger partial charge in [-0.3, -0.25) is 0 Å². The Labute approximate surface area is 130 Å². The van der Waals surface area contributed by atoms with Crippen LogP contribution in [0.15, 0.2) is 0 Å². The van der Waals surface area contributed by atoms with Crippen LogP contribution in [0.2, 0.25) is 0 Å². The largest absolute Gasteiger partial charge is 0.394 e. The van der Waals surface area contributed by atoms with E-state index in [1.165, 1.54) is 0 Å². The lowest BCUT2D eigenvalue weighted by atomic mass is 9.98. The van der Waals surface area contributed by atoms with Crippen molar-refractivity contribution in [1.82, 2.24) is 0 Å².